The van der Waals surface area contributed by atoms with Gasteiger partial charge in [-0.25, -0.2) is 0 Å². The van der Waals surface area contributed by atoms with Gasteiger partial charge in [0.15, 0.2) is 6.23 Å². The number of rotatable bonds is 6. The highest BCUT2D eigenvalue weighted by molar-refractivity contribution is 5.20. The highest BCUT2D eigenvalue weighted by atomic mass is 16.5. The number of ether oxygens (including phenoxy) is 1. The van der Waals surface area contributed by atoms with Crippen LogP contribution in [0.25, 0.3) is 0 Å². The summed E-state index contributed by atoms with van der Waals surface area (Å²) >= 11 is 0. The van der Waals surface area contributed by atoms with Crippen molar-refractivity contribution in [1.82, 2.24) is 4.90 Å². The average molecular weight is 206 g/mol. The second-order valence-electron chi connectivity index (χ2n) is 3.44. The molecule has 0 saturated heterocycles. The van der Waals surface area contributed by atoms with Crippen molar-refractivity contribution in [2.24, 2.45) is 0 Å². The quantitative estimate of drug-likeness (QED) is 0.663. The second kappa shape index (κ2) is 6.46. The first kappa shape index (κ1) is 12.1. The standard InChI is InChI=1S/C13H20NO/c1-4-13(14(5-2)6-3)15-12-10-8-7-9-11-12/h8-11,13H,4-6H2,1-3H3. The van der Waals surface area contributed by atoms with E-state index in [2.05, 4.69) is 31.7 Å². The van der Waals surface area contributed by atoms with Crippen molar-refractivity contribution in [3.05, 3.63) is 30.3 Å². The molecule has 0 aliphatic carbocycles. The summed E-state index contributed by atoms with van der Waals surface area (Å²) in [5.41, 5.74) is 0. The van der Waals surface area contributed by atoms with Gasteiger partial charge in [0.1, 0.15) is 5.75 Å². The molecule has 0 N–H and O–H groups in total. The van der Waals surface area contributed by atoms with Gasteiger partial charge >= 0.3 is 0 Å². The lowest BCUT2D eigenvalue weighted by Gasteiger charge is -2.29. The normalized spacial score (nSPS) is 12.8. The molecule has 2 heteroatoms. The van der Waals surface area contributed by atoms with Gasteiger partial charge in [-0.2, -0.15) is 0 Å². The lowest BCUT2D eigenvalue weighted by Crippen LogP contribution is -2.38. The zero-order valence-corrected chi connectivity index (χ0v) is 9.86. The van der Waals surface area contributed by atoms with Crippen LogP contribution in [0.4, 0.5) is 0 Å². The van der Waals surface area contributed by atoms with Gasteiger partial charge in [0.05, 0.1) is 0 Å². The molecule has 0 aliphatic heterocycles. The molecule has 83 valence electrons. The molecular weight excluding hydrogens is 186 g/mol. The summed E-state index contributed by atoms with van der Waals surface area (Å²) in [5, 5.41) is 0. The van der Waals surface area contributed by atoms with Gasteiger partial charge in [-0.15, -0.1) is 0 Å². The topological polar surface area (TPSA) is 12.5 Å². The average Bonchev–Trinajstić information content (AvgIpc) is 2.30. The maximum atomic E-state index is 5.91. The van der Waals surface area contributed by atoms with E-state index in [1.165, 1.54) is 0 Å². The summed E-state index contributed by atoms with van der Waals surface area (Å²) in [6, 6.07) is 10.6. The van der Waals surface area contributed by atoms with Crippen molar-refractivity contribution >= 4 is 0 Å². The molecule has 1 unspecified atom stereocenters. The Morgan fingerprint density at radius 2 is 1.80 bits per heavy atom. The minimum absolute atomic E-state index is 0.183. The third-order valence-electron chi connectivity index (χ3n) is 2.53. The van der Waals surface area contributed by atoms with E-state index >= 15 is 0 Å². The Balaban J connectivity index is 2.61. The predicted molar refractivity (Wildman–Crippen MR) is 62.9 cm³/mol. The molecular formula is C13H20NO. The fourth-order valence-corrected chi connectivity index (χ4v) is 1.65. The molecule has 0 amide bonds. The van der Waals surface area contributed by atoms with Crippen LogP contribution in [-0.4, -0.2) is 24.2 Å². The molecule has 15 heavy (non-hydrogen) atoms. The molecule has 1 aromatic rings. The highest BCUT2D eigenvalue weighted by Gasteiger charge is 2.14. The summed E-state index contributed by atoms with van der Waals surface area (Å²) in [4.78, 5) is 2.32. The molecule has 1 radical (unpaired) electrons. The predicted octanol–water partition coefficient (Wildman–Crippen LogP) is 2.94. The zero-order valence-electron chi connectivity index (χ0n) is 9.86. The third kappa shape index (κ3) is 3.56. The fourth-order valence-electron chi connectivity index (χ4n) is 1.65. The first-order valence-corrected chi connectivity index (χ1v) is 5.68. The molecule has 0 heterocycles. The van der Waals surface area contributed by atoms with Crippen LogP contribution in [0.2, 0.25) is 0 Å². The van der Waals surface area contributed by atoms with Gasteiger partial charge in [-0.3, -0.25) is 4.90 Å². The van der Waals surface area contributed by atoms with Crippen LogP contribution >= 0.6 is 0 Å². The molecule has 0 fully saturated rings. The van der Waals surface area contributed by atoms with E-state index in [0.717, 1.165) is 25.3 Å². The van der Waals surface area contributed by atoms with Gasteiger partial charge in [-0.05, 0) is 37.7 Å². The van der Waals surface area contributed by atoms with E-state index in [9.17, 15) is 0 Å². The Hall–Kier alpha value is -1.02. The van der Waals surface area contributed by atoms with Crippen LogP contribution in [0.5, 0.6) is 5.75 Å². The monoisotopic (exact) mass is 206 g/mol. The summed E-state index contributed by atoms with van der Waals surface area (Å²) in [6.45, 7) is 8.52. The lowest BCUT2D eigenvalue weighted by molar-refractivity contribution is 0.0298. The van der Waals surface area contributed by atoms with E-state index in [1.54, 1.807) is 0 Å². The van der Waals surface area contributed by atoms with Gasteiger partial charge < -0.3 is 4.74 Å². The van der Waals surface area contributed by atoms with Crippen LogP contribution in [0, 0.1) is 6.07 Å². The lowest BCUT2D eigenvalue weighted by atomic mass is 10.3. The van der Waals surface area contributed by atoms with Gasteiger partial charge in [0, 0.05) is 0 Å². The first-order chi connectivity index (χ1) is 7.31. The number of hydrogen-bond acceptors (Lipinski definition) is 2. The molecule has 0 aromatic heterocycles. The minimum atomic E-state index is 0.183. The largest absolute Gasteiger partial charge is 0.475 e. The Kier molecular flexibility index (Phi) is 5.19. The second-order valence-corrected chi connectivity index (χ2v) is 3.44. The molecule has 0 saturated carbocycles. The molecule has 1 atom stereocenters. The Labute approximate surface area is 92.9 Å². The highest BCUT2D eigenvalue weighted by Crippen LogP contribution is 2.14. The van der Waals surface area contributed by atoms with Gasteiger partial charge in [0.2, 0.25) is 0 Å². The van der Waals surface area contributed by atoms with E-state index in [4.69, 9.17) is 4.74 Å². The van der Waals surface area contributed by atoms with Crippen molar-refractivity contribution in [2.45, 2.75) is 33.4 Å². The van der Waals surface area contributed by atoms with Crippen LogP contribution < -0.4 is 4.74 Å². The number of hydrogen-bond donors (Lipinski definition) is 0. The minimum Gasteiger partial charge on any atom is -0.475 e. The number of benzene rings is 1. The third-order valence-corrected chi connectivity index (χ3v) is 2.53. The summed E-state index contributed by atoms with van der Waals surface area (Å²) in [5.74, 6) is 0.924. The van der Waals surface area contributed by atoms with Crippen molar-refractivity contribution in [3.8, 4) is 5.75 Å². The maximum Gasteiger partial charge on any atom is 0.152 e. The van der Waals surface area contributed by atoms with Crippen molar-refractivity contribution in [1.29, 1.82) is 0 Å². The Morgan fingerprint density at radius 1 is 1.20 bits per heavy atom. The summed E-state index contributed by atoms with van der Waals surface area (Å²) in [7, 11) is 0. The smallest absolute Gasteiger partial charge is 0.152 e. The first-order valence-electron chi connectivity index (χ1n) is 5.68. The Morgan fingerprint density at radius 3 is 2.27 bits per heavy atom. The molecule has 0 aliphatic rings. The number of nitrogens with zero attached hydrogens (tertiary/aromatic N) is 1. The molecule has 0 spiro atoms. The van der Waals surface area contributed by atoms with E-state index in [0.29, 0.717) is 0 Å². The zero-order chi connectivity index (χ0) is 11.1. The molecule has 0 bridgehead atoms. The van der Waals surface area contributed by atoms with Crippen LogP contribution in [0.1, 0.15) is 27.2 Å². The van der Waals surface area contributed by atoms with Crippen LogP contribution in [0.15, 0.2) is 24.3 Å². The van der Waals surface area contributed by atoms with Gasteiger partial charge in [0.25, 0.3) is 0 Å². The molecule has 2 nitrogen and oxygen atoms in total. The fraction of sp³-hybridized carbons (Fsp3) is 0.538. The molecule has 1 aromatic carbocycles. The van der Waals surface area contributed by atoms with E-state index in [-0.39, 0.29) is 6.23 Å². The van der Waals surface area contributed by atoms with E-state index < -0.39 is 0 Å². The summed E-state index contributed by atoms with van der Waals surface area (Å²) in [6.07, 6.45) is 1.18. The van der Waals surface area contributed by atoms with Gasteiger partial charge in [-0.1, -0.05) is 32.9 Å². The van der Waals surface area contributed by atoms with Crippen molar-refractivity contribution in [2.75, 3.05) is 13.1 Å². The van der Waals surface area contributed by atoms with Crippen molar-refractivity contribution in [3.63, 3.8) is 0 Å². The van der Waals surface area contributed by atoms with Crippen LogP contribution in [0.3, 0.4) is 0 Å². The summed E-state index contributed by atoms with van der Waals surface area (Å²) < 4.78 is 5.91. The van der Waals surface area contributed by atoms with Crippen LogP contribution in [-0.2, 0) is 0 Å². The Bertz CT molecular complexity index is 256. The molecule has 1 rings (SSSR count). The SMILES string of the molecule is CCC(Oc1cc[c]cc1)N(CC)CC. The maximum absolute atomic E-state index is 5.91. The van der Waals surface area contributed by atoms with E-state index in [1.807, 2.05) is 24.3 Å². The van der Waals surface area contributed by atoms with Crippen molar-refractivity contribution < 1.29 is 4.74 Å².